The van der Waals surface area contributed by atoms with Crippen LogP contribution >= 0.6 is 15.9 Å². The number of imidazole rings is 1. The highest BCUT2D eigenvalue weighted by atomic mass is 79.9. The van der Waals surface area contributed by atoms with Crippen LogP contribution in [0.15, 0.2) is 71.7 Å². The van der Waals surface area contributed by atoms with Crippen LogP contribution in [0.2, 0.25) is 0 Å². The number of hydrogen-bond donors (Lipinski definition) is 1. The van der Waals surface area contributed by atoms with Crippen LogP contribution in [0.5, 0.6) is 0 Å². The minimum atomic E-state index is -0.695. The molecule has 5 rings (SSSR count). The molecule has 0 aliphatic heterocycles. The van der Waals surface area contributed by atoms with Crippen LogP contribution in [0.1, 0.15) is 34.0 Å². The third kappa shape index (κ3) is 4.46. The third-order valence-electron chi connectivity index (χ3n) is 6.92. The van der Waals surface area contributed by atoms with Gasteiger partial charge in [0.2, 0.25) is 5.91 Å². The van der Waals surface area contributed by atoms with Crippen molar-refractivity contribution >= 4 is 33.4 Å². The summed E-state index contributed by atoms with van der Waals surface area (Å²) >= 11 is 3.57. The Hall–Kier alpha value is -3.72. The van der Waals surface area contributed by atoms with Crippen LogP contribution < -0.4 is 5.32 Å². The van der Waals surface area contributed by atoms with E-state index in [9.17, 15) is 9.59 Å². The number of amides is 2. The van der Waals surface area contributed by atoms with Gasteiger partial charge in [-0.15, -0.1) is 0 Å². The van der Waals surface area contributed by atoms with E-state index < -0.39 is 6.04 Å². The first-order valence-corrected chi connectivity index (χ1v) is 12.5. The van der Waals surface area contributed by atoms with E-state index in [1.54, 1.807) is 43.8 Å². The molecule has 0 spiro atoms. The lowest BCUT2D eigenvalue weighted by molar-refractivity contribution is -0.121. The SMILES string of the molecule is CN(C(=O)c1ccnn1C)C(C(=O)Nc1ccc(-c2cncn2C)cc1)[C@@H]1CCc2ccc(Br)cc21. The number of halogens is 1. The summed E-state index contributed by atoms with van der Waals surface area (Å²) in [6, 6.07) is 14.8. The second-order valence-corrected chi connectivity index (χ2v) is 10.1. The molecule has 8 nitrogen and oxygen atoms in total. The Balaban J connectivity index is 1.45. The molecule has 184 valence electrons. The molecule has 1 aliphatic carbocycles. The van der Waals surface area contributed by atoms with Gasteiger partial charge in [0.1, 0.15) is 11.7 Å². The number of aryl methyl sites for hydroxylation is 3. The number of carbonyl (C=O) groups excluding carboxylic acids is 2. The summed E-state index contributed by atoms with van der Waals surface area (Å²) in [6.45, 7) is 0. The average molecular weight is 547 g/mol. The van der Waals surface area contributed by atoms with Gasteiger partial charge in [0.25, 0.3) is 5.91 Å². The molecule has 1 aliphatic rings. The van der Waals surface area contributed by atoms with Crippen molar-refractivity contribution in [1.29, 1.82) is 0 Å². The molecule has 9 heteroatoms. The van der Waals surface area contributed by atoms with E-state index in [2.05, 4.69) is 43.5 Å². The maximum Gasteiger partial charge on any atom is 0.272 e. The number of anilines is 1. The fourth-order valence-corrected chi connectivity index (χ4v) is 5.41. The van der Waals surface area contributed by atoms with Crippen LogP contribution in [0.25, 0.3) is 11.3 Å². The van der Waals surface area contributed by atoms with E-state index in [1.807, 2.05) is 41.9 Å². The fourth-order valence-electron chi connectivity index (χ4n) is 5.03. The lowest BCUT2D eigenvalue weighted by atomic mass is 9.91. The van der Waals surface area contributed by atoms with E-state index in [0.717, 1.165) is 34.1 Å². The Bertz CT molecular complexity index is 1420. The first-order chi connectivity index (χ1) is 17.3. The first-order valence-electron chi connectivity index (χ1n) is 11.7. The summed E-state index contributed by atoms with van der Waals surface area (Å²) in [5.41, 5.74) is 5.40. The van der Waals surface area contributed by atoms with Crippen LogP contribution in [0.3, 0.4) is 0 Å². The topological polar surface area (TPSA) is 85.1 Å². The lowest BCUT2D eigenvalue weighted by Crippen LogP contribution is -2.48. The van der Waals surface area contributed by atoms with Crippen molar-refractivity contribution < 1.29 is 9.59 Å². The Morgan fingerprint density at radius 3 is 2.58 bits per heavy atom. The average Bonchev–Trinajstić information content (AvgIpc) is 3.59. The van der Waals surface area contributed by atoms with Gasteiger partial charge in [-0.05, 0) is 59.9 Å². The van der Waals surface area contributed by atoms with Crippen molar-refractivity contribution in [2.75, 3.05) is 12.4 Å². The summed E-state index contributed by atoms with van der Waals surface area (Å²) < 4.78 is 4.43. The highest BCUT2D eigenvalue weighted by molar-refractivity contribution is 9.10. The molecule has 0 bridgehead atoms. The summed E-state index contributed by atoms with van der Waals surface area (Å²) in [4.78, 5) is 33.0. The van der Waals surface area contributed by atoms with Crippen LogP contribution in [0.4, 0.5) is 5.69 Å². The minimum Gasteiger partial charge on any atom is -0.334 e. The minimum absolute atomic E-state index is 0.131. The molecule has 2 atom stereocenters. The van der Waals surface area contributed by atoms with Crippen molar-refractivity contribution in [1.82, 2.24) is 24.2 Å². The largest absolute Gasteiger partial charge is 0.334 e. The van der Waals surface area contributed by atoms with Crippen molar-refractivity contribution in [3.8, 4) is 11.3 Å². The van der Waals surface area contributed by atoms with Crippen LogP contribution in [0, 0.1) is 0 Å². The molecular weight excluding hydrogens is 520 g/mol. The Morgan fingerprint density at radius 2 is 1.92 bits per heavy atom. The van der Waals surface area contributed by atoms with E-state index in [0.29, 0.717) is 11.4 Å². The van der Waals surface area contributed by atoms with E-state index in [1.165, 1.54) is 10.2 Å². The standard InChI is InChI=1S/C27H27BrN6O2/c1-32-16-29-15-24(32)18-5-9-20(10-6-18)31-26(35)25(33(2)27(36)23-12-13-30-34(23)3)21-11-7-17-4-8-19(28)14-22(17)21/h4-6,8-10,12-16,21,25H,7,11H2,1-3H3,(H,31,35)/t21-,25?/m1/s1. The number of hydrogen-bond acceptors (Lipinski definition) is 4. The molecule has 1 unspecified atom stereocenters. The Kier molecular flexibility index (Phi) is 6.49. The van der Waals surface area contributed by atoms with Gasteiger partial charge in [-0.25, -0.2) is 4.98 Å². The summed E-state index contributed by atoms with van der Waals surface area (Å²) in [5.74, 6) is -0.599. The molecule has 4 aromatic rings. The zero-order valence-corrected chi connectivity index (χ0v) is 21.9. The zero-order valence-electron chi connectivity index (χ0n) is 20.4. The summed E-state index contributed by atoms with van der Waals surface area (Å²) in [7, 11) is 5.36. The molecule has 1 N–H and O–H groups in total. The summed E-state index contributed by atoms with van der Waals surface area (Å²) in [6.07, 6.45) is 6.79. The highest BCUT2D eigenvalue weighted by Crippen LogP contribution is 2.39. The molecule has 0 saturated heterocycles. The number of likely N-dealkylation sites (N-methyl/N-ethyl adjacent to an activating group) is 1. The summed E-state index contributed by atoms with van der Waals surface area (Å²) in [5, 5.41) is 7.19. The van der Waals surface area contributed by atoms with Gasteiger partial charge in [0.15, 0.2) is 0 Å². The predicted octanol–water partition coefficient (Wildman–Crippen LogP) is 4.39. The van der Waals surface area contributed by atoms with Crippen LogP contribution in [-0.4, -0.2) is 49.1 Å². The van der Waals surface area contributed by atoms with Crippen molar-refractivity contribution in [3.05, 3.63) is 88.5 Å². The Labute approximate surface area is 218 Å². The maximum atomic E-state index is 13.8. The molecule has 0 fully saturated rings. The molecule has 2 aromatic heterocycles. The second kappa shape index (κ2) is 9.73. The molecule has 0 saturated carbocycles. The molecule has 2 heterocycles. The second-order valence-electron chi connectivity index (χ2n) is 9.15. The van der Waals surface area contributed by atoms with Crippen LogP contribution in [-0.2, 0) is 25.3 Å². The zero-order chi connectivity index (χ0) is 25.4. The molecule has 2 amide bonds. The molecule has 36 heavy (non-hydrogen) atoms. The number of nitrogens with zero attached hydrogens (tertiary/aromatic N) is 5. The van der Waals surface area contributed by atoms with E-state index in [-0.39, 0.29) is 17.7 Å². The number of benzene rings is 2. The van der Waals surface area contributed by atoms with Gasteiger partial charge in [-0.2, -0.15) is 5.10 Å². The Morgan fingerprint density at radius 1 is 1.14 bits per heavy atom. The van der Waals surface area contributed by atoms with Gasteiger partial charge in [-0.1, -0.05) is 34.1 Å². The smallest absolute Gasteiger partial charge is 0.272 e. The molecule has 2 aromatic carbocycles. The van der Waals surface area contributed by atoms with Crippen molar-refractivity contribution in [2.24, 2.45) is 14.1 Å². The lowest BCUT2D eigenvalue weighted by Gasteiger charge is -2.32. The number of carbonyl (C=O) groups is 2. The van der Waals surface area contributed by atoms with Gasteiger partial charge < -0.3 is 14.8 Å². The van der Waals surface area contributed by atoms with Gasteiger partial charge in [0.05, 0.1) is 18.2 Å². The molecule has 0 radical (unpaired) electrons. The van der Waals surface area contributed by atoms with Gasteiger partial charge in [-0.3, -0.25) is 14.3 Å². The quantitative estimate of drug-likeness (QED) is 0.388. The maximum absolute atomic E-state index is 13.8. The van der Waals surface area contributed by atoms with Gasteiger partial charge >= 0.3 is 0 Å². The number of rotatable bonds is 6. The number of aromatic nitrogens is 4. The van der Waals surface area contributed by atoms with Crippen molar-refractivity contribution in [3.63, 3.8) is 0 Å². The highest BCUT2D eigenvalue weighted by Gasteiger charge is 2.39. The number of nitrogens with one attached hydrogen (secondary N) is 1. The predicted molar refractivity (Wildman–Crippen MR) is 142 cm³/mol. The van der Waals surface area contributed by atoms with E-state index >= 15 is 0 Å². The monoisotopic (exact) mass is 546 g/mol. The first kappa shape index (κ1) is 24.0. The molecular formula is C27H27BrN6O2. The van der Waals surface area contributed by atoms with Gasteiger partial charge in [0, 0.05) is 43.4 Å². The van der Waals surface area contributed by atoms with Crippen molar-refractivity contribution in [2.45, 2.75) is 24.8 Å². The number of fused-ring (bicyclic) bond motifs is 1. The fraction of sp³-hybridized carbons (Fsp3) is 0.259. The van der Waals surface area contributed by atoms with E-state index in [4.69, 9.17) is 0 Å². The third-order valence-corrected chi connectivity index (χ3v) is 7.42. The normalized spacial score (nSPS) is 15.4.